The van der Waals surface area contributed by atoms with Gasteiger partial charge in [-0.05, 0) is 76.6 Å². The molecule has 1 unspecified atom stereocenters. The molecule has 0 fully saturated rings. The van der Waals surface area contributed by atoms with Crippen molar-refractivity contribution in [2.75, 3.05) is 7.11 Å². The second kappa shape index (κ2) is 11.2. The molecule has 29 heavy (non-hydrogen) atoms. The fourth-order valence-corrected chi connectivity index (χ4v) is 4.17. The first kappa shape index (κ1) is 24.0. The van der Waals surface area contributed by atoms with Gasteiger partial charge in [0.2, 0.25) is 0 Å². The lowest BCUT2D eigenvalue weighted by atomic mass is 9.76. The Morgan fingerprint density at radius 1 is 1.41 bits per heavy atom. The highest BCUT2D eigenvalue weighted by atomic mass is 127. The average molecular weight is 510 g/mol. The minimum absolute atomic E-state index is 0.136. The molecule has 4 nitrogen and oxygen atoms in total. The first-order valence-electron chi connectivity index (χ1n) is 10.2. The summed E-state index contributed by atoms with van der Waals surface area (Å²) in [5.41, 5.74) is 4.54. The summed E-state index contributed by atoms with van der Waals surface area (Å²) in [6.45, 7) is 10.7. The highest BCUT2D eigenvalue weighted by molar-refractivity contribution is 14.1. The van der Waals surface area contributed by atoms with Crippen LogP contribution in [0.5, 0.6) is 11.5 Å². The summed E-state index contributed by atoms with van der Waals surface area (Å²) in [7, 11) is 0.817. The van der Waals surface area contributed by atoms with Gasteiger partial charge in [-0.25, -0.2) is 0 Å². The lowest BCUT2D eigenvalue weighted by molar-refractivity contribution is 0.182. The Morgan fingerprint density at radius 2 is 2.14 bits per heavy atom. The van der Waals surface area contributed by atoms with Crippen LogP contribution < -0.4 is 4.74 Å². The number of halogens is 1. The molecule has 0 amide bonds. The van der Waals surface area contributed by atoms with E-state index in [0.717, 1.165) is 46.0 Å². The number of hydrogen-bond acceptors (Lipinski definition) is 4. The molecule has 1 heterocycles. The molecule has 0 spiro atoms. The van der Waals surface area contributed by atoms with Crippen molar-refractivity contribution in [1.82, 2.24) is 0 Å². The van der Waals surface area contributed by atoms with Crippen LogP contribution in [0.15, 0.2) is 41.5 Å². The second-order valence-electron chi connectivity index (χ2n) is 7.80. The average Bonchev–Trinajstić information content (AvgIpc) is 2.68. The molecule has 1 atom stereocenters. The van der Waals surface area contributed by atoms with Gasteiger partial charge in [-0.1, -0.05) is 51.5 Å². The van der Waals surface area contributed by atoms with Crippen molar-refractivity contribution in [1.29, 1.82) is 0 Å². The van der Waals surface area contributed by atoms with Gasteiger partial charge in [0.25, 0.3) is 0 Å². The molecule has 1 aliphatic rings. The van der Waals surface area contributed by atoms with Crippen LogP contribution in [-0.4, -0.2) is 30.5 Å². The van der Waals surface area contributed by atoms with Crippen molar-refractivity contribution in [2.24, 2.45) is 5.92 Å². The van der Waals surface area contributed by atoms with Crippen molar-refractivity contribution in [2.45, 2.75) is 58.9 Å². The Morgan fingerprint density at radius 3 is 2.76 bits per heavy atom. The van der Waals surface area contributed by atoms with Gasteiger partial charge in [0.05, 0.1) is 16.8 Å². The molecule has 1 aromatic carbocycles. The molecule has 1 aromatic rings. The summed E-state index contributed by atoms with van der Waals surface area (Å²) in [5.74, 6) is 1.00. The quantitative estimate of drug-likeness (QED) is 0.317. The highest BCUT2D eigenvalue weighted by Crippen LogP contribution is 2.35. The van der Waals surface area contributed by atoms with Gasteiger partial charge in [-0.2, -0.15) is 0 Å². The molecular weight excluding hydrogens is 478 g/mol. The maximum Gasteiger partial charge on any atom is 0.458 e. The zero-order valence-electron chi connectivity index (χ0n) is 17.9. The summed E-state index contributed by atoms with van der Waals surface area (Å²) in [6.07, 6.45) is 8.34. The van der Waals surface area contributed by atoms with Crippen LogP contribution in [0.3, 0.4) is 0 Å². The minimum Gasteiger partial charge on any atom is -0.504 e. The molecular formula is C23H32BIO4. The number of methoxy groups -OCH3 is 1. The molecule has 0 radical (unpaired) electrons. The molecule has 0 aromatic heterocycles. The number of allylic oxidation sites excluding steroid dienone is 2. The predicted molar refractivity (Wildman–Crippen MR) is 129 cm³/mol. The number of hydrogen-bond donors (Lipinski definition) is 2. The highest BCUT2D eigenvalue weighted by Gasteiger charge is 2.28. The largest absolute Gasteiger partial charge is 0.504 e. The fraction of sp³-hybridized carbons (Fsp3) is 0.478. The standard InChI is InChI=1S/C23H32BIO4/c1-6-7-17(12-18-13-20(25)23(26)22(14-18)28-5)8-9-21-19(16(4)15(2)3)10-11-24(27)29-21/h10,12-15,21,26-27H,4,6-9,11H2,1-3,5H3/b17-12+. The summed E-state index contributed by atoms with van der Waals surface area (Å²) in [6, 6.07) is 3.82. The number of phenols is 1. The topological polar surface area (TPSA) is 58.9 Å². The van der Waals surface area contributed by atoms with Crippen LogP contribution in [0.4, 0.5) is 0 Å². The summed E-state index contributed by atoms with van der Waals surface area (Å²) in [5, 5.41) is 20.1. The van der Waals surface area contributed by atoms with Crippen molar-refractivity contribution < 1.29 is 19.5 Å². The second-order valence-corrected chi connectivity index (χ2v) is 8.96. The Hall–Kier alpha value is -1.25. The van der Waals surface area contributed by atoms with E-state index in [1.165, 1.54) is 5.57 Å². The normalized spacial score (nSPS) is 17.5. The maximum atomic E-state index is 10.1. The van der Waals surface area contributed by atoms with Gasteiger partial charge in [0.1, 0.15) is 0 Å². The van der Waals surface area contributed by atoms with Crippen LogP contribution in [0.25, 0.3) is 6.08 Å². The van der Waals surface area contributed by atoms with E-state index in [9.17, 15) is 10.1 Å². The van der Waals surface area contributed by atoms with Gasteiger partial charge >= 0.3 is 7.12 Å². The van der Waals surface area contributed by atoms with Crippen molar-refractivity contribution in [3.8, 4) is 11.5 Å². The summed E-state index contributed by atoms with van der Waals surface area (Å²) < 4.78 is 11.9. The van der Waals surface area contributed by atoms with Gasteiger partial charge < -0.3 is 19.5 Å². The molecule has 2 N–H and O–H groups in total. The van der Waals surface area contributed by atoms with E-state index in [1.54, 1.807) is 7.11 Å². The molecule has 6 heteroatoms. The van der Waals surface area contributed by atoms with Crippen molar-refractivity contribution in [3.63, 3.8) is 0 Å². The predicted octanol–water partition coefficient (Wildman–Crippen LogP) is 5.99. The number of benzene rings is 1. The summed E-state index contributed by atoms with van der Waals surface area (Å²) in [4.78, 5) is 0. The van der Waals surface area contributed by atoms with Gasteiger partial charge in [0, 0.05) is 6.32 Å². The number of rotatable bonds is 9. The van der Waals surface area contributed by atoms with Crippen LogP contribution in [-0.2, 0) is 4.65 Å². The van der Waals surface area contributed by atoms with E-state index in [1.807, 2.05) is 12.1 Å². The zero-order valence-corrected chi connectivity index (χ0v) is 20.0. The third-order valence-electron chi connectivity index (χ3n) is 5.22. The Bertz CT molecular complexity index is 785. The first-order chi connectivity index (χ1) is 13.8. The van der Waals surface area contributed by atoms with E-state index in [2.05, 4.69) is 62.1 Å². The van der Waals surface area contributed by atoms with Crippen LogP contribution in [0.1, 0.15) is 52.0 Å². The number of ether oxygens (including phenoxy) is 1. The third-order valence-corrected chi connectivity index (χ3v) is 6.04. The lowest BCUT2D eigenvalue weighted by Gasteiger charge is -2.30. The molecule has 158 valence electrons. The van der Waals surface area contributed by atoms with Crippen molar-refractivity contribution >= 4 is 35.8 Å². The number of phenolic OH excluding ortho intramolecular Hbond substituents is 1. The SMILES string of the molecule is C=C(C1=CCB(O)OC1CC/C(=C/c1cc(I)c(O)c(OC)c1)CCC)C(C)C. The summed E-state index contributed by atoms with van der Waals surface area (Å²) >= 11 is 2.12. The molecule has 0 saturated heterocycles. The fourth-order valence-electron chi connectivity index (χ4n) is 3.55. The molecule has 0 saturated carbocycles. The Balaban J connectivity index is 2.21. The monoisotopic (exact) mass is 510 g/mol. The van der Waals surface area contributed by atoms with Crippen LogP contribution in [0, 0.1) is 9.49 Å². The molecule has 2 rings (SSSR count). The number of aromatic hydroxyl groups is 1. The van der Waals surface area contributed by atoms with E-state index in [4.69, 9.17) is 9.39 Å². The zero-order chi connectivity index (χ0) is 21.6. The van der Waals surface area contributed by atoms with E-state index < -0.39 is 7.12 Å². The minimum atomic E-state index is -0.745. The molecule has 0 aliphatic carbocycles. The van der Waals surface area contributed by atoms with E-state index in [0.29, 0.717) is 18.0 Å². The Labute approximate surface area is 189 Å². The smallest absolute Gasteiger partial charge is 0.458 e. The van der Waals surface area contributed by atoms with Gasteiger partial charge in [0.15, 0.2) is 11.5 Å². The third kappa shape index (κ3) is 6.62. The van der Waals surface area contributed by atoms with Crippen LogP contribution >= 0.6 is 22.6 Å². The molecule has 1 aliphatic heterocycles. The lowest BCUT2D eigenvalue weighted by Crippen LogP contribution is -2.32. The van der Waals surface area contributed by atoms with Gasteiger partial charge in [-0.15, -0.1) is 0 Å². The molecule has 0 bridgehead atoms. The Kier molecular flexibility index (Phi) is 9.30. The van der Waals surface area contributed by atoms with E-state index >= 15 is 0 Å². The van der Waals surface area contributed by atoms with E-state index in [-0.39, 0.29) is 11.9 Å². The first-order valence-corrected chi connectivity index (χ1v) is 11.3. The van der Waals surface area contributed by atoms with Crippen molar-refractivity contribution in [3.05, 3.63) is 50.6 Å². The van der Waals surface area contributed by atoms with Crippen LogP contribution in [0.2, 0.25) is 6.32 Å². The maximum absolute atomic E-state index is 10.1. The van der Waals surface area contributed by atoms with Gasteiger partial charge in [-0.3, -0.25) is 0 Å².